The Morgan fingerprint density at radius 3 is 1.87 bits per heavy atom. The summed E-state index contributed by atoms with van der Waals surface area (Å²) in [6.45, 7) is 8.48. The Balaban J connectivity index is 0.869. The lowest BCUT2D eigenvalue weighted by Gasteiger charge is -2.61. The topological polar surface area (TPSA) is 276 Å². The van der Waals surface area contributed by atoms with Crippen LogP contribution in [-0.2, 0) is 37.9 Å². The molecule has 9 aliphatic rings. The zero-order chi connectivity index (χ0) is 44.9. The van der Waals surface area contributed by atoms with Crippen LogP contribution >= 0.6 is 0 Å². The number of fused-ring (bicyclic) bond motifs is 7. The van der Waals surface area contributed by atoms with Gasteiger partial charge in [0.05, 0.1) is 38.6 Å². The van der Waals surface area contributed by atoms with Crippen molar-refractivity contribution in [2.75, 3.05) is 26.4 Å². The highest BCUT2D eigenvalue weighted by Gasteiger charge is 2.69. The van der Waals surface area contributed by atoms with E-state index in [1.807, 2.05) is 0 Å². The van der Waals surface area contributed by atoms with Crippen LogP contribution < -0.4 is 0 Å². The molecular weight excluding hydrogens is 828 g/mol. The van der Waals surface area contributed by atoms with Gasteiger partial charge in [-0.15, -0.1) is 0 Å². The number of aliphatic hydroxyl groups is 10. The fraction of sp³-hybridized carbons (Fsp3) is 1.00. The molecule has 4 saturated carbocycles. The molecule has 362 valence electrons. The summed E-state index contributed by atoms with van der Waals surface area (Å²) in [6, 6.07) is 0. The normalized spacial score (nSPS) is 58.2. The second-order valence-corrected chi connectivity index (χ2v) is 21.6. The predicted octanol–water partition coefficient (Wildman–Crippen LogP) is -0.734. The van der Waals surface area contributed by atoms with Crippen molar-refractivity contribution in [1.29, 1.82) is 0 Å². The summed E-state index contributed by atoms with van der Waals surface area (Å²) in [5, 5.41) is 105. The van der Waals surface area contributed by atoms with E-state index in [1.54, 1.807) is 0 Å². The minimum Gasteiger partial charge on any atom is -0.394 e. The second-order valence-electron chi connectivity index (χ2n) is 21.6. The Bertz CT molecular complexity index is 1570. The number of aliphatic hydroxyl groups excluding tert-OH is 10. The molecule has 5 aliphatic heterocycles. The van der Waals surface area contributed by atoms with Gasteiger partial charge >= 0.3 is 0 Å². The first kappa shape index (κ1) is 47.4. The molecule has 63 heavy (non-hydrogen) atoms. The summed E-state index contributed by atoms with van der Waals surface area (Å²) in [6.07, 6.45) is -13.9. The Hall–Kier alpha value is -0.720. The van der Waals surface area contributed by atoms with E-state index in [4.69, 9.17) is 37.9 Å². The molecule has 0 aromatic carbocycles. The molecule has 9 rings (SSSR count). The van der Waals surface area contributed by atoms with Crippen LogP contribution in [0.2, 0.25) is 0 Å². The maximum absolute atomic E-state index is 11.6. The maximum atomic E-state index is 11.6. The average Bonchev–Trinajstić information content (AvgIpc) is 3.72. The van der Waals surface area contributed by atoms with E-state index in [9.17, 15) is 51.1 Å². The van der Waals surface area contributed by atoms with Crippen molar-refractivity contribution in [3.8, 4) is 0 Å². The highest BCUT2D eigenvalue weighted by atomic mass is 16.8. The molecule has 5 saturated heterocycles. The van der Waals surface area contributed by atoms with Crippen LogP contribution in [0.1, 0.15) is 91.9 Å². The highest BCUT2D eigenvalue weighted by Crippen LogP contribution is 2.71. The number of hydrogen-bond acceptors (Lipinski definition) is 18. The van der Waals surface area contributed by atoms with Crippen molar-refractivity contribution in [3.05, 3.63) is 0 Å². The average molecular weight is 903 g/mol. The van der Waals surface area contributed by atoms with Crippen LogP contribution in [0.3, 0.4) is 0 Å². The monoisotopic (exact) mass is 902 g/mol. The molecule has 4 aliphatic carbocycles. The minimum atomic E-state index is -1.84. The van der Waals surface area contributed by atoms with Crippen molar-refractivity contribution in [2.24, 2.45) is 52.3 Å². The molecule has 10 N–H and O–H groups in total. The first-order chi connectivity index (χ1) is 29.9. The number of ether oxygens (including phenoxy) is 8. The Morgan fingerprint density at radius 2 is 1.21 bits per heavy atom. The molecule has 1 spiro atoms. The number of hydrogen-bond donors (Lipinski definition) is 10. The third-order valence-corrected chi connectivity index (χ3v) is 18.3. The van der Waals surface area contributed by atoms with Gasteiger partial charge in [0.1, 0.15) is 73.2 Å². The van der Waals surface area contributed by atoms with E-state index < -0.39 is 118 Å². The molecule has 9 fully saturated rings. The standard InChI is InChI=1S/C45H74O18/c1-19-7-12-45(57-17-19)20(2)30-26(63-45)14-25-23-6-5-21-13-22(8-10-43(21,3)24(23)9-11-44(25,30)4)58-41-38(55)35(52)39(62-42-37(54)34(51)32(49)28(16-47)60-42)29(61-41)18-56-40-36(53)33(50)31(48)27(15-46)59-40/h19-42,46-55H,5-18H2,1-4H3/t19-,20-,21+,22-,23?,24?,25?,26-,27+,28+,29+,30?,31+,32+,33-,34-,35+,36+,37+,38+,39+,40+,41+,42-,43-,44-,45+/m0/s1. The molecule has 0 radical (unpaired) electrons. The smallest absolute Gasteiger partial charge is 0.187 e. The van der Waals surface area contributed by atoms with Gasteiger partial charge in [0.2, 0.25) is 0 Å². The van der Waals surface area contributed by atoms with Gasteiger partial charge in [-0.3, -0.25) is 0 Å². The quantitative estimate of drug-likeness (QED) is 0.128. The van der Waals surface area contributed by atoms with Gasteiger partial charge < -0.3 is 89.0 Å². The fourth-order valence-corrected chi connectivity index (χ4v) is 14.6. The minimum absolute atomic E-state index is 0.107. The van der Waals surface area contributed by atoms with E-state index in [1.165, 1.54) is 12.8 Å². The van der Waals surface area contributed by atoms with Crippen molar-refractivity contribution in [3.63, 3.8) is 0 Å². The Labute approximate surface area is 369 Å². The maximum Gasteiger partial charge on any atom is 0.187 e. The zero-order valence-electron chi connectivity index (χ0n) is 37.0. The molecule has 4 unspecified atom stereocenters. The molecule has 0 bridgehead atoms. The lowest BCUT2D eigenvalue weighted by molar-refractivity contribution is -0.371. The molecule has 0 amide bonds. The Kier molecular flexibility index (Phi) is 13.5. The van der Waals surface area contributed by atoms with E-state index in [0.29, 0.717) is 47.8 Å². The van der Waals surface area contributed by atoms with Crippen LogP contribution in [-0.4, -0.2) is 188 Å². The summed E-state index contributed by atoms with van der Waals surface area (Å²) in [5.41, 5.74) is 0.323. The molecule has 0 aromatic rings. The SMILES string of the molecule is C[C@H]1CC[C@@]2(OC1)O[C@H]1CC3C4CC[C@@H]5C[C@@H](O[C@@H]6O[C@H](CO[C@@H]7O[C@H](CO)[C@@H](O)[C@H](O)[C@H]7O)[C@@H](O[C@@H]7O[C@H](CO)[C@@H](O)[C@H](O)[C@H]7O)[C@H](O)[C@H]6O)CC[C@]5(C)C4CC[C@]3(C)C1[C@@H]2C. The van der Waals surface area contributed by atoms with Gasteiger partial charge in [0.15, 0.2) is 24.7 Å². The zero-order valence-corrected chi connectivity index (χ0v) is 37.0. The van der Waals surface area contributed by atoms with E-state index in [2.05, 4.69) is 27.7 Å². The van der Waals surface area contributed by atoms with Gasteiger partial charge in [0.25, 0.3) is 0 Å². The first-order valence-electron chi connectivity index (χ1n) is 23.8. The summed E-state index contributed by atoms with van der Waals surface area (Å²) in [4.78, 5) is 0. The Morgan fingerprint density at radius 1 is 0.587 bits per heavy atom. The predicted molar refractivity (Wildman–Crippen MR) is 216 cm³/mol. The van der Waals surface area contributed by atoms with Crippen molar-refractivity contribution in [2.45, 2.75) is 202 Å². The van der Waals surface area contributed by atoms with Gasteiger partial charge in [-0.1, -0.05) is 27.7 Å². The lowest BCUT2D eigenvalue weighted by Crippen LogP contribution is -2.65. The van der Waals surface area contributed by atoms with Crippen molar-refractivity contribution < 1.29 is 89.0 Å². The molecular formula is C45H74O18. The number of rotatable bonds is 9. The van der Waals surface area contributed by atoms with E-state index in [-0.39, 0.29) is 23.0 Å². The molecule has 5 heterocycles. The highest BCUT2D eigenvalue weighted by molar-refractivity contribution is 5.15. The van der Waals surface area contributed by atoms with E-state index >= 15 is 0 Å². The molecule has 18 heteroatoms. The van der Waals surface area contributed by atoms with Gasteiger partial charge in [-0.2, -0.15) is 0 Å². The summed E-state index contributed by atoms with van der Waals surface area (Å²) >= 11 is 0. The van der Waals surface area contributed by atoms with Gasteiger partial charge in [0, 0.05) is 12.3 Å². The summed E-state index contributed by atoms with van der Waals surface area (Å²) in [7, 11) is 0. The molecule has 0 aromatic heterocycles. The summed E-state index contributed by atoms with van der Waals surface area (Å²) in [5.74, 6) is 3.17. The lowest BCUT2D eigenvalue weighted by atomic mass is 9.44. The van der Waals surface area contributed by atoms with Crippen LogP contribution in [0.4, 0.5) is 0 Å². The van der Waals surface area contributed by atoms with Crippen LogP contribution in [0.25, 0.3) is 0 Å². The molecule has 27 atom stereocenters. The van der Waals surface area contributed by atoms with Crippen molar-refractivity contribution >= 4 is 0 Å². The van der Waals surface area contributed by atoms with Gasteiger partial charge in [-0.05, 0) is 104 Å². The van der Waals surface area contributed by atoms with Crippen molar-refractivity contribution in [1.82, 2.24) is 0 Å². The first-order valence-corrected chi connectivity index (χ1v) is 23.8. The second kappa shape index (κ2) is 18.0. The van der Waals surface area contributed by atoms with Crippen LogP contribution in [0.5, 0.6) is 0 Å². The third kappa shape index (κ3) is 7.98. The van der Waals surface area contributed by atoms with E-state index in [0.717, 1.165) is 51.6 Å². The van der Waals surface area contributed by atoms with Crippen LogP contribution in [0, 0.1) is 52.3 Å². The molecule has 18 nitrogen and oxygen atoms in total. The largest absolute Gasteiger partial charge is 0.394 e. The third-order valence-electron chi connectivity index (χ3n) is 18.3. The summed E-state index contributed by atoms with van der Waals surface area (Å²) < 4.78 is 49.2. The van der Waals surface area contributed by atoms with Gasteiger partial charge in [-0.25, -0.2) is 0 Å². The fourth-order valence-electron chi connectivity index (χ4n) is 14.6. The van der Waals surface area contributed by atoms with Crippen LogP contribution in [0.15, 0.2) is 0 Å².